The quantitative estimate of drug-likeness (QED) is 0.273. The molecule has 0 heterocycles. The van der Waals surface area contributed by atoms with Crippen molar-refractivity contribution in [1.29, 1.82) is 0 Å². The van der Waals surface area contributed by atoms with Crippen molar-refractivity contribution in [2.24, 2.45) is 0 Å². The van der Waals surface area contributed by atoms with Gasteiger partial charge >= 0.3 is 0 Å². The minimum atomic E-state index is -4.74. The minimum Gasteiger partial charge on any atom is -0.725 e. The molecular formula is C8H18N2O5S. The Balaban J connectivity index is 3.92. The van der Waals surface area contributed by atoms with E-state index in [4.69, 9.17) is 0 Å². The molecule has 0 unspecified atom stereocenters. The number of nitrogens with zero attached hydrogens (tertiary/aromatic N) is 1. The number of quaternary nitrogens is 1. The summed E-state index contributed by atoms with van der Waals surface area (Å²) in [6.07, 6.45) is 0.936. The first kappa shape index (κ1) is 15.3. The van der Waals surface area contributed by atoms with Gasteiger partial charge in [0.05, 0.1) is 20.6 Å². The summed E-state index contributed by atoms with van der Waals surface area (Å²) in [6, 6.07) is 0. The zero-order valence-electron chi connectivity index (χ0n) is 9.73. The molecule has 0 rings (SSSR count). The summed E-state index contributed by atoms with van der Waals surface area (Å²) in [7, 11) is -0.977. The van der Waals surface area contributed by atoms with E-state index in [1.807, 2.05) is 21.0 Å². The van der Waals surface area contributed by atoms with Crippen molar-refractivity contribution in [3.63, 3.8) is 0 Å². The third kappa shape index (κ3) is 8.60. The molecular weight excluding hydrogens is 236 g/mol. The van der Waals surface area contributed by atoms with Gasteiger partial charge in [0.1, 0.15) is 6.73 Å². The highest BCUT2D eigenvalue weighted by atomic mass is 32.3. The third-order valence-corrected chi connectivity index (χ3v) is 2.28. The smallest absolute Gasteiger partial charge is 0.277 e. The predicted octanol–water partition coefficient (Wildman–Crippen LogP) is -0.977. The summed E-state index contributed by atoms with van der Waals surface area (Å²) in [5.41, 5.74) is 0. The van der Waals surface area contributed by atoms with Gasteiger partial charge < -0.3 is 14.4 Å². The van der Waals surface area contributed by atoms with Crippen LogP contribution in [0.15, 0.2) is 0 Å². The lowest BCUT2D eigenvalue weighted by molar-refractivity contribution is -0.882. The van der Waals surface area contributed by atoms with E-state index in [1.165, 1.54) is 0 Å². The molecule has 0 aliphatic carbocycles. The summed E-state index contributed by atoms with van der Waals surface area (Å²) < 4.78 is 34.5. The van der Waals surface area contributed by atoms with E-state index in [9.17, 15) is 17.8 Å². The summed E-state index contributed by atoms with van der Waals surface area (Å²) in [6.45, 7) is 2.42. The fourth-order valence-electron chi connectivity index (χ4n) is 1.31. The molecule has 16 heavy (non-hydrogen) atoms. The number of nitrogens with one attached hydrogen (secondary N) is 1. The van der Waals surface area contributed by atoms with Crippen molar-refractivity contribution in [2.75, 3.05) is 33.9 Å². The van der Waals surface area contributed by atoms with E-state index in [0.29, 0.717) is 4.48 Å². The summed E-state index contributed by atoms with van der Waals surface area (Å²) in [5, 5.41) is 2.20. The second-order valence-electron chi connectivity index (χ2n) is 4.09. The zero-order valence-corrected chi connectivity index (χ0v) is 10.5. The van der Waals surface area contributed by atoms with E-state index < -0.39 is 17.1 Å². The number of likely N-dealkylation sites (N-methyl/N-ethyl adjacent to an activating group) is 1. The Bertz CT molecular complexity index is 325. The molecule has 0 aromatic rings. The van der Waals surface area contributed by atoms with Crippen molar-refractivity contribution < 1.29 is 26.4 Å². The highest BCUT2D eigenvalue weighted by Gasteiger charge is 2.18. The van der Waals surface area contributed by atoms with E-state index in [0.717, 1.165) is 13.0 Å². The lowest BCUT2D eigenvalue weighted by atomic mass is 10.3. The van der Waals surface area contributed by atoms with Crippen molar-refractivity contribution in [3.05, 3.63) is 0 Å². The average molecular weight is 254 g/mol. The van der Waals surface area contributed by atoms with Crippen molar-refractivity contribution in [1.82, 2.24) is 5.32 Å². The Hall–Kier alpha value is -0.700. The van der Waals surface area contributed by atoms with Gasteiger partial charge in [0, 0.05) is 0 Å². The molecule has 0 radical (unpaired) electrons. The van der Waals surface area contributed by atoms with Gasteiger partial charge in [-0.15, -0.1) is 0 Å². The second-order valence-corrected chi connectivity index (χ2v) is 5.14. The Labute approximate surface area is 95.9 Å². The molecule has 0 aliphatic rings. The van der Waals surface area contributed by atoms with Crippen LogP contribution in [0.3, 0.4) is 0 Å². The Kier molecular flexibility index (Phi) is 5.87. The number of hydrogen-bond acceptors (Lipinski definition) is 5. The highest BCUT2D eigenvalue weighted by molar-refractivity contribution is 7.80. The van der Waals surface area contributed by atoms with Gasteiger partial charge in [-0.3, -0.25) is 8.98 Å². The highest BCUT2D eigenvalue weighted by Crippen LogP contribution is 1.98. The van der Waals surface area contributed by atoms with Gasteiger partial charge in [0.25, 0.3) is 5.91 Å². The molecule has 7 nitrogen and oxygen atoms in total. The molecule has 0 bridgehead atoms. The predicted molar refractivity (Wildman–Crippen MR) is 55.9 cm³/mol. The molecule has 0 aromatic carbocycles. The van der Waals surface area contributed by atoms with Crippen LogP contribution in [0.4, 0.5) is 0 Å². The largest absolute Gasteiger partial charge is 0.725 e. The standard InChI is InChI=1S/C8H18N2O5S/c1-4-5-10(2,3)6-8(11)9-7-15-16(12,13)14/h4-7H2,1-3H3,(H-,9,11,12,13,14). The second kappa shape index (κ2) is 6.14. The summed E-state index contributed by atoms with van der Waals surface area (Å²) in [4.78, 5) is 11.3. The van der Waals surface area contributed by atoms with Gasteiger partial charge in [-0.2, -0.15) is 0 Å². The van der Waals surface area contributed by atoms with Crippen LogP contribution in [-0.2, 0) is 19.4 Å². The molecule has 0 saturated carbocycles. The van der Waals surface area contributed by atoms with Crippen LogP contribution in [-0.4, -0.2) is 57.3 Å². The Morgan fingerprint density at radius 3 is 2.44 bits per heavy atom. The fourth-order valence-corrected chi connectivity index (χ4v) is 1.51. The molecule has 1 N–H and O–H groups in total. The van der Waals surface area contributed by atoms with Crippen LogP contribution in [0.5, 0.6) is 0 Å². The van der Waals surface area contributed by atoms with Gasteiger partial charge in [-0.1, -0.05) is 6.92 Å². The third-order valence-electron chi connectivity index (χ3n) is 1.87. The maximum Gasteiger partial charge on any atom is 0.277 e. The Morgan fingerprint density at radius 2 is 2.00 bits per heavy atom. The van der Waals surface area contributed by atoms with Gasteiger partial charge in [0.2, 0.25) is 10.4 Å². The number of amides is 1. The van der Waals surface area contributed by atoms with Gasteiger partial charge in [-0.25, -0.2) is 8.42 Å². The number of rotatable bonds is 7. The molecule has 0 fully saturated rings. The van der Waals surface area contributed by atoms with Crippen LogP contribution in [0.1, 0.15) is 13.3 Å². The van der Waals surface area contributed by atoms with Crippen molar-refractivity contribution >= 4 is 16.3 Å². The fraction of sp³-hybridized carbons (Fsp3) is 0.875. The molecule has 8 heteroatoms. The molecule has 0 aliphatic heterocycles. The zero-order chi connectivity index (χ0) is 12.8. The summed E-state index contributed by atoms with van der Waals surface area (Å²) >= 11 is 0. The minimum absolute atomic E-state index is 0.204. The first-order valence-electron chi connectivity index (χ1n) is 4.85. The average Bonchev–Trinajstić information content (AvgIpc) is 1.99. The lowest BCUT2D eigenvalue weighted by Crippen LogP contribution is -2.48. The van der Waals surface area contributed by atoms with E-state index in [2.05, 4.69) is 9.50 Å². The molecule has 0 spiro atoms. The van der Waals surface area contributed by atoms with Crippen LogP contribution < -0.4 is 5.32 Å². The van der Waals surface area contributed by atoms with Crippen molar-refractivity contribution in [2.45, 2.75) is 13.3 Å². The maximum atomic E-state index is 11.3. The molecule has 96 valence electrons. The molecule has 0 saturated heterocycles. The normalized spacial score (nSPS) is 12.5. The van der Waals surface area contributed by atoms with E-state index >= 15 is 0 Å². The monoisotopic (exact) mass is 254 g/mol. The van der Waals surface area contributed by atoms with E-state index in [1.54, 1.807) is 0 Å². The van der Waals surface area contributed by atoms with E-state index in [-0.39, 0.29) is 12.5 Å². The summed E-state index contributed by atoms with van der Waals surface area (Å²) in [5.74, 6) is -0.359. The van der Waals surface area contributed by atoms with Gasteiger partial charge in [0.15, 0.2) is 6.54 Å². The number of hydrogen-bond donors (Lipinski definition) is 1. The first-order chi connectivity index (χ1) is 7.16. The van der Waals surface area contributed by atoms with Crippen LogP contribution >= 0.6 is 0 Å². The Morgan fingerprint density at radius 1 is 1.44 bits per heavy atom. The van der Waals surface area contributed by atoms with Gasteiger partial charge in [-0.05, 0) is 6.42 Å². The molecule has 0 atom stereocenters. The first-order valence-corrected chi connectivity index (χ1v) is 6.18. The molecule has 0 aromatic heterocycles. The van der Waals surface area contributed by atoms with Crippen molar-refractivity contribution in [3.8, 4) is 0 Å². The lowest BCUT2D eigenvalue weighted by Gasteiger charge is -2.28. The number of carbonyl (C=O) groups excluding carboxylic acids is 1. The van der Waals surface area contributed by atoms with Crippen LogP contribution in [0, 0.1) is 0 Å². The van der Waals surface area contributed by atoms with Crippen LogP contribution in [0.2, 0.25) is 0 Å². The SMILES string of the molecule is CCC[N+](C)(C)CC(=O)NCOS(=O)(=O)[O-]. The topological polar surface area (TPSA) is 95.5 Å². The number of carbonyl (C=O) groups is 1. The maximum absolute atomic E-state index is 11.3. The van der Waals surface area contributed by atoms with Crippen LogP contribution in [0.25, 0.3) is 0 Å². The molecule has 1 amide bonds.